The minimum atomic E-state index is 0.0827. The van der Waals surface area contributed by atoms with Gasteiger partial charge in [-0.1, -0.05) is 19.1 Å². The summed E-state index contributed by atoms with van der Waals surface area (Å²) in [6, 6.07) is 7.78. The molecule has 4 nitrogen and oxygen atoms in total. The fourth-order valence-corrected chi connectivity index (χ4v) is 4.39. The summed E-state index contributed by atoms with van der Waals surface area (Å²) in [6.07, 6.45) is 5.18. The van der Waals surface area contributed by atoms with Crippen molar-refractivity contribution in [2.75, 3.05) is 44.6 Å². The number of rotatable bonds is 5. The molecule has 25 heavy (non-hydrogen) atoms. The van der Waals surface area contributed by atoms with Crippen LogP contribution < -0.4 is 5.32 Å². The number of likely N-dealkylation sites (tertiary alicyclic amines) is 2. The SMILES string of the molecule is CC1CCN(CC2CCCN(CC(=O)Nc3ccccc3Br)C2)CC1. The maximum absolute atomic E-state index is 12.4. The van der Waals surface area contributed by atoms with E-state index in [1.54, 1.807) is 0 Å². The molecule has 1 atom stereocenters. The number of hydrogen-bond acceptors (Lipinski definition) is 3. The van der Waals surface area contributed by atoms with Gasteiger partial charge in [-0.05, 0) is 85.2 Å². The van der Waals surface area contributed by atoms with Crippen LogP contribution in [0.1, 0.15) is 32.6 Å². The maximum atomic E-state index is 12.4. The standard InChI is InChI=1S/C20H30BrN3O/c1-16-8-11-23(12-9-16)13-17-5-4-10-24(14-17)15-20(25)22-19-7-3-2-6-18(19)21/h2-3,6-7,16-17H,4-5,8-15H2,1H3,(H,22,25). The summed E-state index contributed by atoms with van der Waals surface area (Å²) >= 11 is 3.49. The first-order valence-electron chi connectivity index (χ1n) is 9.59. The third-order valence-corrected chi connectivity index (χ3v) is 6.20. The molecule has 0 spiro atoms. The highest BCUT2D eigenvalue weighted by Crippen LogP contribution is 2.23. The first kappa shape index (κ1) is 18.9. The Kier molecular flexibility index (Phi) is 6.91. The zero-order valence-electron chi connectivity index (χ0n) is 15.2. The molecule has 1 aromatic carbocycles. The number of para-hydroxylation sites is 1. The Labute approximate surface area is 160 Å². The van der Waals surface area contributed by atoms with E-state index in [1.165, 1.54) is 45.3 Å². The van der Waals surface area contributed by atoms with Crippen molar-refractivity contribution in [2.45, 2.75) is 32.6 Å². The summed E-state index contributed by atoms with van der Waals surface area (Å²) in [6.45, 7) is 8.65. The fraction of sp³-hybridized carbons (Fsp3) is 0.650. The Balaban J connectivity index is 1.45. The quantitative estimate of drug-likeness (QED) is 0.805. The number of carbonyl (C=O) groups excluding carboxylic acids is 1. The van der Waals surface area contributed by atoms with Gasteiger partial charge in [-0.2, -0.15) is 0 Å². The van der Waals surface area contributed by atoms with Crippen molar-refractivity contribution in [2.24, 2.45) is 11.8 Å². The zero-order chi connectivity index (χ0) is 17.6. The number of nitrogens with zero attached hydrogens (tertiary/aromatic N) is 2. The molecule has 2 saturated heterocycles. The van der Waals surface area contributed by atoms with E-state index >= 15 is 0 Å². The summed E-state index contributed by atoms with van der Waals surface area (Å²) in [5.74, 6) is 1.68. The highest BCUT2D eigenvalue weighted by molar-refractivity contribution is 9.10. The molecule has 2 heterocycles. The molecule has 1 unspecified atom stereocenters. The first-order chi connectivity index (χ1) is 12.1. The van der Waals surface area contributed by atoms with Crippen LogP contribution >= 0.6 is 15.9 Å². The molecule has 0 aliphatic carbocycles. The van der Waals surface area contributed by atoms with Crippen LogP contribution in [0.25, 0.3) is 0 Å². The number of benzene rings is 1. The molecule has 0 bridgehead atoms. The Morgan fingerprint density at radius 3 is 2.68 bits per heavy atom. The van der Waals surface area contributed by atoms with E-state index < -0.39 is 0 Å². The highest BCUT2D eigenvalue weighted by Gasteiger charge is 2.25. The van der Waals surface area contributed by atoms with Crippen molar-refractivity contribution in [1.29, 1.82) is 0 Å². The second-order valence-electron chi connectivity index (χ2n) is 7.75. The molecule has 1 N–H and O–H groups in total. The number of nitrogens with one attached hydrogen (secondary N) is 1. The van der Waals surface area contributed by atoms with Crippen molar-refractivity contribution >= 4 is 27.5 Å². The molecule has 2 fully saturated rings. The number of amides is 1. The number of hydrogen-bond donors (Lipinski definition) is 1. The molecule has 1 aromatic rings. The highest BCUT2D eigenvalue weighted by atomic mass is 79.9. The topological polar surface area (TPSA) is 35.6 Å². The largest absolute Gasteiger partial charge is 0.324 e. The van der Waals surface area contributed by atoms with Crippen LogP contribution in [0.5, 0.6) is 0 Å². The molecule has 0 aromatic heterocycles. The van der Waals surface area contributed by atoms with Gasteiger partial charge in [-0.15, -0.1) is 0 Å². The van der Waals surface area contributed by atoms with Gasteiger partial charge in [0.2, 0.25) is 5.91 Å². The minimum absolute atomic E-state index is 0.0827. The van der Waals surface area contributed by atoms with E-state index in [0.717, 1.165) is 29.2 Å². The number of halogens is 1. The predicted molar refractivity (Wildman–Crippen MR) is 107 cm³/mol. The number of piperidine rings is 2. The zero-order valence-corrected chi connectivity index (χ0v) is 16.8. The summed E-state index contributed by atoms with van der Waals surface area (Å²) < 4.78 is 0.930. The van der Waals surface area contributed by atoms with Gasteiger partial charge in [-0.3, -0.25) is 9.69 Å². The number of anilines is 1. The lowest BCUT2D eigenvalue weighted by molar-refractivity contribution is -0.117. The van der Waals surface area contributed by atoms with E-state index in [0.29, 0.717) is 12.5 Å². The molecule has 1 amide bonds. The number of carbonyl (C=O) groups is 1. The molecular formula is C20H30BrN3O. The molecule has 2 aliphatic rings. The Bertz CT molecular complexity index is 572. The molecule has 2 aliphatic heterocycles. The van der Waals surface area contributed by atoms with Crippen molar-refractivity contribution < 1.29 is 4.79 Å². The van der Waals surface area contributed by atoms with E-state index in [2.05, 4.69) is 38.0 Å². The summed E-state index contributed by atoms with van der Waals surface area (Å²) in [7, 11) is 0. The van der Waals surface area contributed by atoms with Crippen LogP contribution in [0.15, 0.2) is 28.7 Å². The molecule has 5 heteroatoms. The van der Waals surface area contributed by atoms with Gasteiger partial charge in [0.15, 0.2) is 0 Å². The minimum Gasteiger partial charge on any atom is -0.324 e. The van der Waals surface area contributed by atoms with Crippen molar-refractivity contribution in [3.63, 3.8) is 0 Å². The normalized spacial score (nSPS) is 23.5. The van der Waals surface area contributed by atoms with Crippen LogP contribution in [0.4, 0.5) is 5.69 Å². The Hall–Kier alpha value is -0.910. The first-order valence-corrected chi connectivity index (χ1v) is 10.4. The second-order valence-corrected chi connectivity index (χ2v) is 8.61. The van der Waals surface area contributed by atoms with E-state index in [-0.39, 0.29) is 5.91 Å². The van der Waals surface area contributed by atoms with Crippen LogP contribution in [0.2, 0.25) is 0 Å². The molecule has 0 radical (unpaired) electrons. The molecular weight excluding hydrogens is 378 g/mol. The van der Waals surface area contributed by atoms with Gasteiger partial charge in [0.05, 0.1) is 12.2 Å². The monoisotopic (exact) mass is 407 g/mol. The Morgan fingerprint density at radius 2 is 1.92 bits per heavy atom. The third-order valence-electron chi connectivity index (χ3n) is 5.51. The van der Waals surface area contributed by atoms with E-state index in [4.69, 9.17) is 0 Å². The predicted octanol–water partition coefficient (Wildman–Crippen LogP) is 3.83. The van der Waals surface area contributed by atoms with Crippen molar-refractivity contribution in [1.82, 2.24) is 9.80 Å². The van der Waals surface area contributed by atoms with Gasteiger partial charge >= 0.3 is 0 Å². The molecule has 3 rings (SSSR count). The van der Waals surface area contributed by atoms with Crippen molar-refractivity contribution in [3.8, 4) is 0 Å². The van der Waals surface area contributed by atoms with Gasteiger partial charge in [0.25, 0.3) is 0 Å². The van der Waals surface area contributed by atoms with Gasteiger partial charge in [-0.25, -0.2) is 0 Å². The third kappa shape index (κ3) is 5.80. The lowest BCUT2D eigenvalue weighted by Gasteiger charge is -2.37. The average molecular weight is 408 g/mol. The van der Waals surface area contributed by atoms with Gasteiger partial charge < -0.3 is 10.2 Å². The molecule has 0 saturated carbocycles. The smallest absolute Gasteiger partial charge is 0.238 e. The van der Waals surface area contributed by atoms with Crippen LogP contribution in [-0.4, -0.2) is 55.0 Å². The van der Waals surface area contributed by atoms with Crippen molar-refractivity contribution in [3.05, 3.63) is 28.7 Å². The Morgan fingerprint density at radius 1 is 1.16 bits per heavy atom. The lowest BCUT2D eigenvalue weighted by atomic mass is 9.94. The van der Waals surface area contributed by atoms with Crippen LogP contribution in [-0.2, 0) is 4.79 Å². The van der Waals surface area contributed by atoms with Crippen LogP contribution in [0, 0.1) is 11.8 Å². The van der Waals surface area contributed by atoms with Gasteiger partial charge in [0, 0.05) is 17.6 Å². The summed E-state index contributed by atoms with van der Waals surface area (Å²) in [4.78, 5) is 17.3. The van der Waals surface area contributed by atoms with E-state index in [9.17, 15) is 4.79 Å². The molecule has 138 valence electrons. The van der Waals surface area contributed by atoms with Crippen LogP contribution in [0.3, 0.4) is 0 Å². The fourth-order valence-electron chi connectivity index (χ4n) is 4.01. The lowest BCUT2D eigenvalue weighted by Crippen LogP contribution is -2.45. The summed E-state index contributed by atoms with van der Waals surface area (Å²) in [5.41, 5.74) is 0.850. The second kappa shape index (κ2) is 9.15. The van der Waals surface area contributed by atoms with Gasteiger partial charge in [0.1, 0.15) is 0 Å². The average Bonchev–Trinajstić information content (AvgIpc) is 2.59. The maximum Gasteiger partial charge on any atom is 0.238 e. The van der Waals surface area contributed by atoms with E-state index in [1.807, 2.05) is 24.3 Å². The summed E-state index contributed by atoms with van der Waals surface area (Å²) in [5, 5.41) is 3.02.